The van der Waals surface area contributed by atoms with Gasteiger partial charge in [-0.25, -0.2) is 0 Å². The Morgan fingerprint density at radius 1 is 0.897 bits per heavy atom. The number of allylic oxidation sites excluding steroid dienone is 5. The van der Waals surface area contributed by atoms with Crippen molar-refractivity contribution in [2.24, 2.45) is 11.8 Å². The summed E-state index contributed by atoms with van der Waals surface area (Å²) in [6.45, 7) is 22.9. The first-order chi connectivity index (χ1) is 13.9. The van der Waals surface area contributed by atoms with E-state index in [1.807, 2.05) is 13.8 Å². The van der Waals surface area contributed by atoms with Gasteiger partial charge in [-0.15, -0.1) is 0 Å². The number of rotatable bonds is 16. The Labute approximate surface area is 184 Å². The van der Waals surface area contributed by atoms with Crippen LogP contribution in [0.15, 0.2) is 35.5 Å². The Morgan fingerprint density at radius 2 is 1.55 bits per heavy atom. The Kier molecular flexibility index (Phi) is 22.8. The molecule has 0 bridgehead atoms. The second-order valence-electron chi connectivity index (χ2n) is 8.63. The first kappa shape index (κ1) is 30.3. The van der Waals surface area contributed by atoms with E-state index in [4.69, 9.17) is 0 Å². The molecule has 29 heavy (non-hydrogen) atoms. The fourth-order valence-corrected chi connectivity index (χ4v) is 3.08. The van der Waals surface area contributed by atoms with Gasteiger partial charge in [0.2, 0.25) is 0 Å². The molecule has 3 atom stereocenters. The van der Waals surface area contributed by atoms with Crippen LogP contribution in [-0.4, -0.2) is 25.7 Å². The lowest BCUT2D eigenvalue weighted by Crippen LogP contribution is -2.37. The van der Waals surface area contributed by atoms with Gasteiger partial charge in [-0.1, -0.05) is 82.9 Å². The molecule has 0 aromatic heterocycles. The van der Waals surface area contributed by atoms with E-state index in [0.717, 1.165) is 32.0 Å². The summed E-state index contributed by atoms with van der Waals surface area (Å²) in [5.74, 6) is 1.51. The van der Waals surface area contributed by atoms with E-state index in [0.29, 0.717) is 12.0 Å². The highest BCUT2D eigenvalue weighted by Gasteiger charge is 2.09. The number of hydrogen-bond donors (Lipinski definition) is 2. The maximum Gasteiger partial charge on any atom is 0.0137 e. The molecule has 0 rings (SSSR count). The summed E-state index contributed by atoms with van der Waals surface area (Å²) in [6.07, 6.45) is 16.8. The van der Waals surface area contributed by atoms with E-state index in [1.54, 1.807) is 0 Å². The van der Waals surface area contributed by atoms with E-state index >= 15 is 0 Å². The number of nitrogens with one attached hydrogen (secondary N) is 2. The predicted octanol–water partition coefficient (Wildman–Crippen LogP) is 7.68. The molecule has 0 radical (unpaired) electrons. The molecule has 0 aromatic rings. The van der Waals surface area contributed by atoms with Crippen LogP contribution in [0.3, 0.4) is 0 Å². The van der Waals surface area contributed by atoms with Gasteiger partial charge < -0.3 is 10.6 Å². The molecule has 0 aliphatic heterocycles. The van der Waals surface area contributed by atoms with Crippen molar-refractivity contribution in [1.82, 2.24) is 10.6 Å². The van der Waals surface area contributed by atoms with Crippen molar-refractivity contribution < 1.29 is 0 Å². The van der Waals surface area contributed by atoms with E-state index in [2.05, 4.69) is 83.4 Å². The molecule has 0 saturated heterocycles. The van der Waals surface area contributed by atoms with Crippen LogP contribution < -0.4 is 10.6 Å². The normalized spacial score (nSPS) is 14.9. The van der Waals surface area contributed by atoms with Gasteiger partial charge in [0.05, 0.1) is 0 Å². The average Bonchev–Trinajstić information content (AvgIpc) is 2.69. The minimum atomic E-state index is 0.561. The maximum absolute atomic E-state index is 3.66. The van der Waals surface area contributed by atoms with Crippen molar-refractivity contribution in [1.29, 1.82) is 0 Å². The quantitative estimate of drug-likeness (QED) is 0.203. The van der Waals surface area contributed by atoms with Crippen molar-refractivity contribution in [3.63, 3.8) is 0 Å². The summed E-state index contributed by atoms with van der Waals surface area (Å²) in [4.78, 5) is 0. The van der Waals surface area contributed by atoms with E-state index in [-0.39, 0.29) is 0 Å². The van der Waals surface area contributed by atoms with Gasteiger partial charge in [0.1, 0.15) is 0 Å². The molecular weight excluding hydrogens is 352 g/mol. The van der Waals surface area contributed by atoms with Crippen LogP contribution in [0.1, 0.15) is 101 Å². The van der Waals surface area contributed by atoms with Crippen LogP contribution in [0, 0.1) is 11.8 Å². The average molecular weight is 407 g/mol. The van der Waals surface area contributed by atoms with Gasteiger partial charge in [0, 0.05) is 25.7 Å². The molecule has 0 amide bonds. The Balaban J connectivity index is 0. The zero-order valence-corrected chi connectivity index (χ0v) is 21.4. The van der Waals surface area contributed by atoms with Crippen LogP contribution in [0.2, 0.25) is 0 Å². The van der Waals surface area contributed by atoms with Gasteiger partial charge in [0.15, 0.2) is 0 Å². The fraction of sp³-hybridized carbons (Fsp3) is 0.778. The summed E-state index contributed by atoms with van der Waals surface area (Å²) in [5.41, 5.74) is 2.90. The molecule has 0 aromatic carbocycles. The molecule has 0 spiro atoms. The minimum absolute atomic E-state index is 0.561. The van der Waals surface area contributed by atoms with Crippen molar-refractivity contribution in [2.75, 3.05) is 19.6 Å². The molecule has 2 nitrogen and oxygen atoms in total. The monoisotopic (exact) mass is 406 g/mol. The molecule has 0 heterocycles. The van der Waals surface area contributed by atoms with Gasteiger partial charge in [-0.2, -0.15) is 0 Å². The van der Waals surface area contributed by atoms with E-state index < -0.39 is 0 Å². The molecule has 172 valence electrons. The Morgan fingerprint density at radius 3 is 2.17 bits per heavy atom. The molecule has 0 aliphatic carbocycles. The van der Waals surface area contributed by atoms with Gasteiger partial charge >= 0.3 is 0 Å². The largest absolute Gasteiger partial charge is 0.313 e. The van der Waals surface area contributed by atoms with Crippen LogP contribution >= 0.6 is 0 Å². The zero-order valence-electron chi connectivity index (χ0n) is 21.4. The SMILES string of the molecule is CC.CCCC(C)CC=CCC(C)C(C)NCCNC/C=C(\C)CCC=C(C)C. The molecule has 2 heteroatoms. The summed E-state index contributed by atoms with van der Waals surface area (Å²) < 4.78 is 0. The Bertz CT molecular complexity index is 430. The lowest BCUT2D eigenvalue weighted by molar-refractivity contribution is 0.402. The predicted molar refractivity (Wildman–Crippen MR) is 136 cm³/mol. The molecular formula is C27H54N2. The first-order valence-corrected chi connectivity index (χ1v) is 12.2. The van der Waals surface area contributed by atoms with Crippen molar-refractivity contribution in [3.8, 4) is 0 Å². The van der Waals surface area contributed by atoms with Crippen LogP contribution in [-0.2, 0) is 0 Å². The third kappa shape index (κ3) is 21.7. The lowest BCUT2D eigenvalue weighted by Gasteiger charge is -2.20. The van der Waals surface area contributed by atoms with E-state index in [1.165, 1.54) is 43.3 Å². The third-order valence-electron chi connectivity index (χ3n) is 5.30. The van der Waals surface area contributed by atoms with Crippen molar-refractivity contribution >= 4 is 0 Å². The summed E-state index contributed by atoms with van der Waals surface area (Å²) in [6, 6.07) is 0.561. The highest BCUT2D eigenvalue weighted by Crippen LogP contribution is 2.13. The van der Waals surface area contributed by atoms with Crippen LogP contribution in [0.25, 0.3) is 0 Å². The third-order valence-corrected chi connectivity index (χ3v) is 5.30. The molecule has 0 aliphatic rings. The molecule has 0 saturated carbocycles. The smallest absolute Gasteiger partial charge is 0.0137 e. The molecule has 0 fully saturated rings. The minimum Gasteiger partial charge on any atom is -0.313 e. The summed E-state index contributed by atoms with van der Waals surface area (Å²) in [7, 11) is 0. The topological polar surface area (TPSA) is 24.1 Å². The fourth-order valence-electron chi connectivity index (χ4n) is 3.08. The Hall–Kier alpha value is -0.860. The van der Waals surface area contributed by atoms with Gasteiger partial charge in [-0.05, 0) is 65.2 Å². The lowest BCUT2D eigenvalue weighted by atomic mass is 9.97. The molecule has 2 N–H and O–H groups in total. The number of hydrogen-bond acceptors (Lipinski definition) is 2. The standard InChI is InChI=1S/C25H48N2.C2H6/c1-8-12-22(4)14-9-10-16-24(6)25(7)27-20-19-26-18-17-23(5)15-11-13-21(2)3;1-2/h9-10,13,17,22,24-27H,8,11-12,14-16,18-20H2,1-7H3;1-2H3/b10-9?,23-17+;. The van der Waals surface area contributed by atoms with Crippen molar-refractivity contribution in [3.05, 3.63) is 35.5 Å². The summed E-state index contributed by atoms with van der Waals surface area (Å²) in [5, 5.41) is 7.18. The first-order valence-electron chi connectivity index (χ1n) is 12.2. The van der Waals surface area contributed by atoms with E-state index in [9.17, 15) is 0 Å². The highest BCUT2D eigenvalue weighted by molar-refractivity contribution is 5.02. The maximum atomic E-state index is 3.66. The highest BCUT2D eigenvalue weighted by atomic mass is 15.0. The van der Waals surface area contributed by atoms with Crippen LogP contribution in [0.5, 0.6) is 0 Å². The summed E-state index contributed by atoms with van der Waals surface area (Å²) >= 11 is 0. The van der Waals surface area contributed by atoms with Gasteiger partial charge in [0.25, 0.3) is 0 Å². The zero-order chi connectivity index (χ0) is 22.5. The van der Waals surface area contributed by atoms with Crippen molar-refractivity contribution in [2.45, 2.75) is 107 Å². The van der Waals surface area contributed by atoms with Crippen LogP contribution in [0.4, 0.5) is 0 Å². The second-order valence-corrected chi connectivity index (χ2v) is 8.63. The van der Waals surface area contributed by atoms with Gasteiger partial charge in [-0.3, -0.25) is 0 Å². The second kappa shape index (κ2) is 21.8. The molecule has 3 unspecified atom stereocenters.